The molecule has 5 nitrogen and oxygen atoms in total. The van der Waals surface area contributed by atoms with E-state index in [1.165, 1.54) is 18.3 Å². The lowest BCUT2D eigenvalue weighted by molar-refractivity contribution is 0.0697. The minimum atomic E-state index is -0.990. The largest absolute Gasteiger partial charge is 0.478 e. The zero-order chi connectivity index (χ0) is 14.7. The van der Waals surface area contributed by atoms with Gasteiger partial charge in [0.25, 0.3) is 0 Å². The van der Waals surface area contributed by atoms with Crippen molar-refractivity contribution in [2.75, 3.05) is 0 Å². The molecule has 0 aliphatic heterocycles. The molecule has 0 fully saturated rings. The van der Waals surface area contributed by atoms with Crippen LogP contribution in [0, 0.1) is 0 Å². The molecule has 0 atom stereocenters. The van der Waals surface area contributed by atoms with Crippen molar-refractivity contribution in [1.82, 2.24) is 15.0 Å². The highest BCUT2D eigenvalue weighted by molar-refractivity contribution is 5.88. The van der Waals surface area contributed by atoms with Gasteiger partial charge in [-0.2, -0.15) is 0 Å². The molecule has 5 heteroatoms. The summed E-state index contributed by atoms with van der Waals surface area (Å²) in [4.78, 5) is 23.9. The molecular weight excluding hydrogens is 266 g/mol. The van der Waals surface area contributed by atoms with Crippen LogP contribution in [0.2, 0.25) is 0 Å². The molecule has 1 aromatic carbocycles. The molecule has 0 unspecified atom stereocenters. The summed E-state index contributed by atoms with van der Waals surface area (Å²) in [6.45, 7) is 0. The molecular formula is C16H11N3O2. The van der Waals surface area contributed by atoms with Crippen LogP contribution in [0.4, 0.5) is 0 Å². The van der Waals surface area contributed by atoms with Gasteiger partial charge in [0.05, 0.1) is 17.0 Å². The van der Waals surface area contributed by atoms with Gasteiger partial charge in [0.1, 0.15) is 0 Å². The Morgan fingerprint density at radius 3 is 2.43 bits per heavy atom. The number of benzene rings is 1. The first-order valence-electron chi connectivity index (χ1n) is 6.32. The first-order valence-corrected chi connectivity index (χ1v) is 6.32. The Morgan fingerprint density at radius 2 is 1.67 bits per heavy atom. The topological polar surface area (TPSA) is 76.0 Å². The predicted molar refractivity (Wildman–Crippen MR) is 77.7 cm³/mol. The van der Waals surface area contributed by atoms with Gasteiger partial charge in [-0.25, -0.2) is 14.8 Å². The third-order valence-corrected chi connectivity index (χ3v) is 2.96. The first-order chi connectivity index (χ1) is 10.2. The molecule has 0 aliphatic rings. The van der Waals surface area contributed by atoms with E-state index in [0.29, 0.717) is 17.2 Å². The van der Waals surface area contributed by atoms with Gasteiger partial charge in [0.15, 0.2) is 5.82 Å². The van der Waals surface area contributed by atoms with Crippen LogP contribution in [0.15, 0.2) is 60.9 Å². The van der Waals surface area contributed by atoms with Crippen molar-refractivity contribution in [1.29, 1.82) is 0 Å². The maximum atomic E-state index is 11.0. The van der Waals surface area contributed by atoms with Crippen LogP contribution in [0.25, 0.3) is 22.8 Å². The number of carbonyl (C=O) groups is 1. The van der Waals surface area contributed by atoms with E-state index in [9.17, 15) is 4.79 Å². The molecule has 0 spiro atoms. The highest BCUT2D eigenvalue weighted by atomic mass is 16.4. The highest BCUT2D eigenvalue weighted by Crippen LogP contribution is 2.19. The SMILES string of the molecule is O=C(O)c1ccnc(-c2ccnc(-c3ccccc3)n2)c1. The van der Waals surface area contributed by atoms with Crippen LogP contribution in [0.5, 0.6) is 0 Å². The Labute approximate surface area is 121 Å². The van der Waals surface area contributed by atoms with Crippen molar-refractivity contribution >= 4 is 5.97 Å². The van der Waals surface area contributed by atoms with E-state index in [1.807, 2.05) is 30.3 Å². The fourth-order valence-corrected chi connectivity index (χ4v) is 1.93. The Bertz CT molecular complexity index is 788. The van der Waals surface area contributed by atoms with E-state index >= 15 is 0 Å². The maximum absolute atomic E-state index is 11.0. The van der Waals surface area contributed by atoms with Crippen LogP contribution in [-0.2, 0) is 0 Å². The Balaban J connectivity index is 2.04. The lowest BCUT2D eigenvalue weighted by Crippen LogP contribution is -1.98. The fourth-order valence-electron chi connectivity index (χ4n) is 1.93. The van der Waals surface area contributed by atoms with Gasteiger partial charge < -0.3 is 5.11 Å². The normalized spacial score (nSPS) is 10.3. The van der Waals surface area contributed by atoms with Gasteiger partial charge >= 0.3 is 5.97 Å². The van der Waals surface area contributed by atoms with Crippen LogP contribution in [-0.4, -0.2) is 26.0 Å². The summed E-state index contributed by atoms with van der Waals surface area (Å²) < 4.78 is 0. The van der Waals surface area contributed by atoms with E-state index in [-0.39, 0.29) is 5.56 Å². The second-order valence-corrected chi connectivity index (χ2v) is 4.37. The van der Waals surface area contributed by atoms with Gasteiger partial charge in [-0.15, -0.1) is 0 Å². The summed E-state index contributed by atoms with van der Waals surface area (Å²) in [5.41, 5.74) is 2.18. The first kappa shape index (κ1) is 12.9. The summed E-state index contributed by atoms with van der Waals surface area (Å²) in [5.74, 6) is -0.411. The summed E-state index contributed by atoms with van der Waals surface area (Å²) >= 11 is 0. The molecule has 0 aliphatic carbocycles. The zero-order valence-electron chi connectivity index (χ0n) is 11.0. The standard InChI is InChI=1S/C16H11N3O2/c20-16(21)12-6-8-17-14(10-12)13-7-9-18-15(19-13)11-4-2-1-3-5-11/h1-10H,(H,20,21). The van der Waals surface area contributed by atoms with Crippen LogP contribution >= 0.6 is 0 Å². The van der Waals surface area contributed by atoms with Gasteiger partial charge in [-0.3, -0.25) is 4.98 Å². The number of carboxylic acids is 1. The minimum absolute atomic E-state index is 0.180. The molecule has 3 aromatic rings. The van der Waals surface area contributed by atoms with Crippen molar-refractivity contribution in [3.8, 4) is 22.8 Å². The Morgan fingerprint density at radius 1 is 0.905 bits per heavy atom. The molecule has 102 valence electrons. The van der Waals surface area contributed by atoms with Gasteiger partial charge in [0, 0.05) is 18.0 Å². The van der Waals surface area contributed by atoms with E-state index in [0.717, 1.165) is 5.56 Å². The smallest absolute Gasteiger partial charge is 0.335 e. The average Bonchev–Trinajstić information content (AvgIpc) is 2.56. The van der Waals surface area contributed by atoms with Crippen molar-refractivity contribution in [3.05, 3.63) is 66.5 Å². The van der Waals surface area contributed by atoms with E-state index in [4.69, 9.17) is 5.11 Å². The number of carboxylic acid groups (broad SMARTS) is 1. The molecule has 0 radical (unpaired) electrons. The quantitative estimate of drug-likeness (QED) is 0.796. The third kappa shape index (κ3) is 2.76. The highest BCUT2D eigenvalue weighted by Gasteiger charge is 2.08. The second kappa shape index (κ2) is 5.50. The van der Waals surface area contributed by atoms with Gasteiger partial charge in [0.2, 0.25) is 0 Å². The molecule has 2 heterocycles. The number of nitrogens with zero attached hydrogens (tertiary/aromatic N) is 3. The lowest BCUT2D eigenvalue weighted by atomic mass is 10.1. The minimum Gasteiger partial charge on any atom is -0.478 e. The number of aromatic carboxylic acids is 1. The molecule has 0 amide bonds. The number of hydrogen-bond donors (Lipinski definition) is 1. The number of hydrogen-bond acceptors (Lipinski definition) is 4. The summed E-state index contributed by atoms with van der Waals surface area (Å²) in [6.07, 6.45) is 3.10. The zero-order valence-corrected chi connectivity index (χ0v) is 11.0. The van der Waals surface area contributed by atoms with E-state index in [2.05, 4.69) is 15.0 Å². The van der Waals surface area contributed by atoms with Gasteiger partial charge in [-0.1, -0.05) is 30.3 Å². The monoisotopic (exact) mass is 277 g/mol. The van der Waals surface area contributed by atoms with Crippen LogP contribution in [0.3, 0.4) is 0 Å². The fraction of sp³-hybridized carbons (Fsp3) is 0. The molecule has 0 saturated carbocycles. The average molecular weight is 277 g/mol. The molecule has 0 saturated heterocycles. The van der Waals surface area contributed by atoms with E-state index < -0.39 is 5.97 Å². The summed E-state index contributed by atoms with van der Waals surface area (Å²) in [6, 6.07) is 14.2. The van der Waals surface area contributed by atoms with Crippen LogP contribution in [0.1, 0.15) is 10.4 Å². The number of aromatic nitrogens is 3. The second-order valence-electron chi connectivity index (χ2n) is 4.37. The Hall–Kier alpha value is -3.08. The molecule has 0 bridgehead atoms. The lowest BCUT2D eigenvalue weighted by Gasteiger charge is -2.04. The van der Waals surface area contributed by atoms with Crippen molar-refractivity contribution in [3.63, 3.8) is 0 Å². The third-order valence-electron chi connectivity index (χ3n) is 2.96. The summed E-state index contributed by atoms with van der Waals surface area (Å²) in [7, 11) is 0. The molecule has 21 heavy (non-hydrogen) atoms. The van der Waals surface area contributed by atoms with Crippen LogP contribution < -0.4 is 0 Å². The summed E-state index contributed by atoms with van der Waals surface area (Å²) in [5, 5.41) is 9.03. The number of pyridine rings is 1. The molecule has 2 aromatic heterocycles. The van der Waals surface area contributed by atoms with Crippen molar-refractivity contribution in [2.45, 2.75) is 0 Å². The van der Waals surface area contributed by atoms with Crippen molar-refractivity contribution in [2.24, 2.45) is 0 Å². The maximum Gasteiger partial charge on any atom is 0.335 e. The van der Waals surface area contributed by atoms with Gasteiger partial charge in [-0.05, 0) is 18.2 Å². The predicted octanol–water partition coefficient (Wildman–Crippen LogP) is 2.90. The van der Waals surface area contributed by atoms with E-state index in [1.54, 1.807) is 12.3 Å². The molecule has 3 rings (SSSR count). The molecule has 1 N–H and O–H groups in total. The number of rotatable bonds is 3. The van der Waals surface area contributed by atoms with Crippen molar-refractivity contribution < 1.29 is 9.90 Å². The Kier molecular flexibility index (Phi) is 3.39.